The number of hydrogen-bond donors (Lipinski definition) is 0. The van der Waals surface area contributed by atoms with Crippen LogP contribution in [0.5, 0.6) is 0 Å². The van der Waals surface area contributed by atoms with Crippen LogP contribution in [0, 0.1) is 6.92 Å². The predicted molar refractivity (Wildman–Crippen MR) is 76.8 cm³/mol. The van der Waals surface area contributed by atoms with Crippen molar-refractivity contribution in [3.63, 3.8) is 0 Å². The summed E-state index contributed by atoms with van der Waals surface area (Å²) in [6.07, 6.45) is 18.3. The minimum atomic E-state index is 0. The Hall–Kier alpha value is 1.06. The molecule has 0 aromatic rings. The minimum Gasteiger partial charge on any atom is -1.00 e. The molecular formula is C15H31ClMg. The second-order valence-corrected chi connectivity index (χ2v) is 4.74. The zero-order valence-electron chi connectivity index (χ0n) is 12.0. The SMILES string of the molecule is [CH2-]CCCCCCCCCCCCCC.[Cl-].[Mg+2]. The first kappa shape index (κ1) is 23.2. The van der Waals surface area contributed by atoms with Crippen LogP contribution in [-0.4, -0.2) is 23.1 Å². The van der Waals surface area contributed by atoms with Gasteiger partial charge in [0.25, 0.3) is 0 Å². The van der Waals surface area contributed by atoms with Crippen molar-refractivity contribution in [1.82, 2.24) is 0 Å². The third-order valence-corrected chi connectivity index (χ3v) is 3.10. The van der Waals surface area contributed by atoms with Gasteiger partial charge in [-0.05, 0) is 0 Å². The molecule has 0 aromatic heterocycles. The number of rotatable bonds is 12. The molecule has 0 nitrogen and oxygen atoms in total. The summed E-state index contributed by atoms with van der Waals surface area (Å²) in [5.74, 6) is 0. The van der Waals surface area contributed by atoms with Crippen molar-refractivity contribution in [1.29, 1.82) is 0 Å². The summed E-state index contributed by atoms with van der Waals surface area (Å²) < 4.78 is 0. The number of unbranched alkanes of at least 4 members (excludes halogenated alkanes) is 12. The summed E-state index contributed by atoms with van der Waals surface area (Å²) >= 11 is 0. The van der Waals surface area contributed by atoms with Crippen molar-refractivity contribution in [2.24, 2.45) is 0 Å². The topological polar surface area (TPSA) is 0 Å². The molecule has 0 aliphatic heterocycles. The quantitative estimate of drug-likeness (QED) is 0.291. The van der Waals surface area contributed by atoms with E-state index in [1.807, 2.05) is 0 Å². The summed E-state index contributed by atoms with van der Waals surface area (Å²) in [4.78, 5) is 0. The fourth-order valence-electron chi connectivity index (χ4n) is 2.02. The Balaban J connectivity index is -0.000000980. The maximum atomic E-state index is 3.87. The first-order chi connectivity index (χ1) is 7.41. The van der Waals surface area contributed by atoms with Crippen LogP contribution in [0.1, 0.15) is 90.4 Å². The van der Waals surface area contributed by atoms with E-state index >= 15 is 0 Å². The molecule has 0 aromatic carbocycles. The van der Waals surface area contributed by atoms with Gasteiger partial charge in [-0.15, -0.1) is 0 Å². The normalized spacial score (nSPS) is 9.53. The number of hydrogen-bond acceptors (Lipinski definition) is 0. The molecule has 0 rings (SSSR count). The summed E-state index contributed by atoms with van der Waals surface area (Å²) in [6, 6.07) is 0. The maximum absolute atomic E-state index is 3.87. The van der Waals surface area contributed by atoms with Gasteiger partial charge in [-0.3, -0.25) is 0 Å². The second-order valence-electron chi connectivity index (χ2n) is 4.74. The monoisotopic (exact) mass is 270 g/mol. The molecule has 2 heteroatoms. The molecular weight excluding hydrogens is 240 g/mol. The van der Waals surface area contributed by atoms with Crippen molar-refractivity contribution in [2.75, 3.05) is 0 Å². The van der Waals surface area contributed by atoms with E-state index in [-0.39, 0.29) is 35.5 Å². The maximum Gasteiger partial charge on any atom is 2.00 e. The van der Waals surface area contributed by atoms with E-state index < -0.39 is 0 Å². The summed E-state index contributed by atoms with van der Waals surface area (Å²) in [5, 5.41) is 0. The molecule has 0 bridgehead atoms. The van der Waals surface area contributed by atoms with E-state index in [0.717, 1.165) is 6.42 Å². The van der Waals surface area contributed by atoms with Crippen LogP contribution in [-0.2, 0) is 0 Å². The summed E-state index contributed by atoms with van der Waals surface area (Å²) in [5.41, 5.74) is 0. The van der Waals surface area contributed by atoms with Gasteiger partial charge in [0.05, 0.1) is 0 Å². The standard InChI is InChI=1S/C15H31.ClH.Mg/c1-3-5-7-9-11-13-15-14-12-10-8-6-4-2;;/h1,3-15H2,2H3;1H;/q-1;;+2/p-1. The van der Waals surface area contributed by atoms with Crippen molar-refractivity contribution < 1.29 is 12.4 Å². The molecule has 0 aliphatic carbocycles. The van der Waals surface area contributed by atoms with Gasteiger partial charge in [0.15, 0.2) is 0 Å². The average molecular weight is 271 g/mol. The van der Waals surface area contributed by atoms with Gasteiger partial charge in [-0.25, -0.2) is 0 Å². The van der Waals surface area contributed by atoms with Gasteiger partial charge in [0, 0.05) is 0 Å². The molecule has 0 radical (unpaired) electrons. The molecule has 0 saturated carbocycles. The van der Waals surface area contributed by atoms with Crippen LogP contribution in [0.3, 0.4) is 0 Å². The van der Waals surface area contributed by atoms with Crippen molar-refractivity contribution in [2.45, 2.75) is 90.4 Å². The van der Waals surface area contributed by atoms with E-state index in [1.165, 1.54) is 77.0 Å². The molecule has 0 heterocycles. The Bertz CT molecular complexity index is 95.1. The average Bonchev–Trinajstić information content (AvgIpc) is 2.26. The van der Waals surface area contributed by atoms with Crippen LogP contribution in [0.15, 0.2) is 0 Å². The van der Waals surface area contributed by atoms with Gasteiger partial charge in [0.2, 0.25) is 0 Å². The van der Waals surface area contributed by atoms with Crippen molar-refractivity contribution >= 4 is 23.1 Å². The zero-order valence-corrected chi connectivity index (χ0v) is 14.2. The van der Waals surface area contributed by atoms with Crippen LogP contribution in [0.4, 0.5) is 0 Å². The van der Waals surface area contributed by atoms with Gasteiger partial charge in [0.1, 0.15) is 0 Å². The first-order valence-electron chi connectivity index (χ1n) is 7.21. The van der Waals surface area contributed by atoms with Crippen LogP contribution in [0.2, 0.25) is 0 Å². The first-order valence-corrected chi connectivity index (χ1v) is 7.21. The van der Waals surface area contributed by atoms with E-state index in [1.54, 1.807) is 0 Å². The molecule has 17 heavy (non-hydrogen) atoms. The Morgan fingerprint density at radius 1 is 0.588 bits per heavy atom. The minimum absolute atomic E-state index is 0. The molecule has 100 valence electrons. The Labute approximate surface area is 132 Å². The Morgan fingerprint density at radius 2 is 0.882 bits per heavy atom. The van der Waals surface area contributed by atoms with Crippen LogP contribution in [0.25, 0.3) is 0 Å². The smallest absolute Gasteiger partial charge is 1.00 e. The Morgan fingerprint density at radius 3 is 1.18 bits per heavy atom. The van der Waals surface area contributed by atoms with Crippen molar-refractivity contribution in [3.05, 3.63) is 6.92 Å². The molecule has 0 saturated heterocycles. The third kappa shape index (κ3) is 22.7. The van der Waals surface area contributed by atoms with E-state index in [0.29, 0.717) is 0 Å². The van der Waals surface area contributed by atoms with E-state index in [4.69, 9.17) is 0 Å². The van der Waals surface area contributed by atoms with E-state index in [2.05, 4.69) is 13.8 Å². The molecule has 0 fully saturated rings. The van der Waals surface area contributed by atoms with Gasteiger partial charge < -0.3 is 19.3 Å². The van der Waals surface area contributed by atoms with Gasteiger partial charge in [-0.1, -0.05) is 84.0 Å². The number of halogens is 1. The summed E-state index contributed by atoms with van der Waals surface area (Å²) in [7, 11) is 0. The van der Waals surface area contributed by atoms with Gasteiger partial charge in [-0.2, -0.15) is 6.42 Å². The summed E-state index contributed by atoms with van der Waals surface area (Å²) in [6.45, 7) is 6.15. The van der Waals surface area contributed by atoms with E-state index in [9.17, 15) is 0 Å². The van der Waals surface area contributed by atoms with Gasteiger partial charge >= 0.3 is 23.1 Å². The van der Waals surface area contributed by atoms with Crippen LogP contribution >= 0.6 is 0 Å². The largest absolute Gasteiger partial charge is 2.00 e. The molecule has 0 aliphatic rings. The van der Waals surface area contributed by atoms with Crippen molar-refractivity contribution in [3.8, 4) is 0 Å². The second kappa shape index (κ2) is 22.3. The molecule has 0 atom stereocenters. The molecule has 0 spiro atoms. The molecule has 0 amide bonds. The molecule has 0 unspecified atom stereocenters. The zero-order chi connectivity index (χ0) is 11.2. The van der Waals surface area contributed by atoms with Crippen LogP contribution < -0.4 is 12.4 Å². The Kier molecular flexibility index (Phi) is 30.3. The predicted octanol–water partition coefficient (Wildman–Crippen LogP) is 2.53. The molecule has 0 N–H and O–H groups in total. The third-order valence-electron chi connectivity index (χ3n) is 3.10. The fraction of sp³-hybridized carbons (Fsp3) is 0.933. The fourth-order valence-corrected chi connectivity index (χ4v) is 2.02.